The average molecular weight is 296 g/mol. The van der Waals surface area contributed by atoms with Crippen LogP contribution in [-0.2, 0) is 6.42 Å². The third-order valence-corrected chi connectivity index (χ3v) is 4.82. The Morgan fingerprint density at radius 1 is 1.15 bits per heavy atom. The van der Waals surface area contributed by atoms with E-state index in [1.54, 1.807) is 6.33 Å². The van der Waals surface area contributed by atoms with Crippen LogP contribution < -0.4 is 5.32 Å². The predicted molar refractivity (Wildman–Crippen MR) is 85.3 cm³/mol. The van der Waals surface area contributed by atoms with Gasteiger partial charge in [-0.2, -0.15) is 0 Å². The molecule has 1 saturated carbocycles. The van der Waals surface area contributed by atoms with Crippen molar-refractivity contribution >= 4 is 17.4 Å². The smallest absolute Gasteiger partial charge is 0.137 e. The zero-order chi connectivity index (χ0) is 14.4. The highest BCUT2D eigenvalue weighted by Crippen LogP contribution is 2.31. The van der Waals surface area contributed by atoms with E-state index in [4.69, 9.17) is 11.6 Å². The maximum atomic E-state index is 6.18. The molecular formula is C16H26ClN3. The van der Waals surface area contributed by atoms with Crippen molar-refractivity contribution in [2.24, 2.45) is 11.8 Å². The van der Waals surface area contributed by atoms with Crippen LogP contribution in [-0.4, -0.2) is 16.5 Å². The molecule has 0 amide bonds. The Balaban J connectivity index is 1.89. The first-order valence-corrected chi connectivity index (χ1v) is 8.35. The van der Waals surface area contributed by atoms with Crippen molar-refractivity contribution in [1.29, 1.82) is 0 Å². The van der Waals surface area contributed by atoms with Gasteiger partial charge in [-0.1, -0.05) is 51.1 Å². The van der Waals surface area contributed by atoms with Gasteiger partial charge < -0.3 is 5.32 Å². The van der Waals surface area contributed by atoms with Crippen LogP contribution in [0.4, 0.5) is 5.82 Å². The normalized spacial score (nSPS) is 22.8. The molecule has 1 aromatic heterocycles. The van der Waals surface area contributed by atoms with Gasteiger partial charge in [-0.25, -0.2) is 9.97 Å². The second kappa shape index (κ2) is 7.82. The zero-order valence-corrected chi connectivity index (χ0v) is 13.4. The lowest BCUT2D eigenvalue weighted by Crippen LogP contribution is -2.22. The van der Waals surface area contributed by atoms with Gasteiger partial charge in [0.2, 0.25) is 0 Å². The molecule has 0 aromatic carbocycles. The van der Waals surface area contributed by atoms with Crippen molar-refractivity contribution < 1.29 is 0 Å². The summed E-state index contributed by atoms with van der Waals surface area (Å²) in [4.78, 5) is 8.46. The molecule has 20 heavy (non-hydrogen) atoms. The average Bonchev–Trinajstić information content (AvgIpc) is 2.48. The maximum Gasteiger partial charge on any atom is 0.137 e. The van der Waals surface area contributed by atoms with E-state index in [0.717, 1.165) is 42.6 Å². The molecule has 1 heterocycles. The van der Waals surface area contributed by atoms with Crippen LogP contribution in [0, 0.1) is 11.8 Å². The summed E-state index contributed by atoms with van der Waals surface area (Å²) < 4.78 is 0. The summed E-state index contributed by atoms with van der Waals surface area (Å²) in [5.74, 6) is 2.67. The van der Waals surface area contributed by atoms with Gasteiger partial charge in [0, 0.05) is 12.1 Å². The van der Waals surface area contributed by atoms with Crippen molar-refractivity contribution in [3.8, 4) is 0 Å². The van der Waals surface area contributed by atoms with Crippen molar-refractivity contribution in [2.45, 2.75) is 58.8 Å². The van der Waals surface area contributed by atoms with E-state index in [0.29, 0.717) is 5.15 Å². The fourth-order valence-electron chi connectivity index (χ4n) is 3.10. The maximum absolute atomic E-state index is 6.18. The monoisotopic (exact) mass is 295 g/mol. The van der Waals surface area contributed by atoms with Gasteiger partial charge in [0.1, 0.15) is 17.3 Å². The zero-order valence-electron chi connectivity index (χ0n) is 12.7. The summed E-state index contributed by atoms with van der Waals surface area (Å²) in [7, 11) is 0. The second-order valence-electron chi connectivity index (χ2n) is 5.92. The van der Waals surface area contributed by atoms with E-state index < -0.39 is 0 Å². The molecule has 0 bridgehead atoms. The van der Waals surface area contributed by atoms with Crippen molar-refractivity contribution in [1.82, 2.24) is 9.97 Å². The molecular weight excluding hydrogens is 270 g/mol. The highest BCUT2D eigenvalue weighted by molar-refractivity contribution is 6.30. The van der Waals surface area contributed by atoms with Gasteiger partial charge in [-0.3, -0.25) is 0 Å². The topological polar surface area (TPSA) is 37.8 Å². The van der Waals surface area contributed by atoms with Gasteiger partial charge in [0.05, 0.1) is 0 Å². The van der Waals surface area contributed by atoms with E-state index in [1.807, 2.05) is 0 Å². The van der Waals surface area contributed by atoms with Crippen molar-refractivity contribution in [3.05, 3.63) is 17.0 Å². The highest BCUT2D eigenvalue weighted by atomic mass is 35.5. The summed E-state index contributed by atoms with van der Waals surface area (Å²) in [6.45, 7) is 5.47. The molecule has 0 spiro atoms. The first-order valence-electron chi connectivity index (χ1n) is 7.97. The third kappa shape index (κ3) is 4.08. The third-order valence-electron chi connectivity index (χ3n) is 4.49. The van der Waals surface area contributed by atoms with E-state index in [9.17, 15) is 0 Å². The van der Waals surface area contributed by atoms with E-state index in [-0.39, 0.29) is 0 Å². The highest BCUT2D eigenvalue weighted by Gasteiger charge is 2.20. The molecule has 3 nitrogen and oxygen atoms in total. The molecule has 0 aliphatic heterocycles. The van der Waals surface area contributed by atoms with Crippen LogP contribution in [0.1, 0.15) is 57.9 Å². The molecule has 1 aliphatic rings. The Bertz CT molecular complexity index is 414. The minimum Gasteiger partial charge on any atom is -0.369 e. The van der Waals surface area contributed by atoms with Crippen LogP contribution >= 0.6 is 11.6 Å². The number of hydrogen-bond donors (Lipinski definition) is 1. The van der Waals surface area contributed by atoms with E-state index in [2.05, 4.69) is 29.1 Å². The Hall–Kier alpha value is -0.830. The Kier molecular flexibility index (Phi) is 6.08. The number of halogens is 1. The summed E-state index contributed by atoms with van der Waals surface area (Å²) in [6.07, 6.45) is 10.3. The largest absolute Gasteiger partial charge is 0.369 e. The SMILES string of the molecule is CCCc1c(Cl)ncnc1NCC1CCC(CC)CC1. The molecule has 4 heteroatoms. The molecule has 0 radical (unpaired) electrons. The molecule has 0 unspecified atom stereocenters. The van der Waals surface area contributed by atoms with Gasteiger partial charge >= 0.3 is 0 Å². The first kappa shape index (κ1) is 15.6. The molecule has 1 aliphatic carbocycles. The Labute approximate surface area is 127 Å². The van der Waals surface area contributed by atoms with Crippen molar-refractivity contribution in [3.63, 3.8) is 0 Å². The lowest BCUT2D eigenvalue weighted by atomic mass is 9.81. The molecule has 1 N–H and O–H groups in total. The molecule has 112 valence electrons. The number of anilines is 1. The number of nitrogens with zero attached hydrogens (tertiary/aromatic N) is 2. The molecule has 2 rings (SSSR count). The van der Waals surface area contributed by atoms with Gasteiger partial charge in [0.25, 0.3) is 0 Å². The predicted octanol–water partition coefficient (Wildman–Crippen LogP) is 4.71. The number of hydrogen-bond acceptors (Lipinski definition) is 3. The van der Waals surface area contributed by atoms with Crippen LogP contribution in [0.15, 0.2) is 6.33 Å². The number of nitrogens with one attached hydrogen (secondary N) is 1. The quantitative estimate of drug-likeness (QED) is 0.772. The minimum atomic E-state index is 0.596. The molecule has 0 saturated heterocycles. The summed E-state index contributed by atoms with van der Waals surface area (Å²) in [6, 6.07) is 0. The molecule has 1 fully saturated rings. The molecule has 1 aromatic rings. The molecule has 0 atom stereocenters. The summed E-state index contributed by atoms with van der Waals surface area (Å²) >= 11 is 6.18. The van der Waals surface area contributed by atoms with Gasteiger partial charge in [-0.05, 0) is 31.1 Å². The Morgan fingerprint density at radius 3 is 2.50 bits per heavy atom. The van der Waals surface area contributed by atoms with Crippen LogP contribution in [0.5, 0.6) is 0 Å². The first-order chi connectivity index (χ1) is 9.74. The minimum absolute atomic E-state index is 0.596. The standard InChI is InChI=1S/C16H26ClN3/c1-3-5-14-15(17)19-11-20-16(14)18-10-13-8-6-12(4-2)7-9-13/h11-13H,3-10H2,1-2H3,(H,18,19,20). The lowest BCUT2D eigenvalue weighted by Gasteiger charge is -2.28. The summed E-state index contributed by atoms with van der Waals surface area (Å²) in [5.41, 5.74) is 1.07. The summed E-state index contributed by atoms with van der Waals surface area (Å²) in [5, 5.41) is 4.10. The van der Waals surface area contributed by atoms with Crippen LogP contribution in [0.3, 0.4) is 0 Å². The fraction of sp³-hybridized carbons (Fsp3) is 0.750. The van der Waals surface area contributed by atoms with Crippen LogP contribution in [0.2, 0.25) is 5.15 Å². The Morgan fingerprint density at radius 2 is 1.85 bits per heavy atom. The lowest BCUT2D eigenvalue weighted by molar-refractivity contribution is 0.278. The van der Waals surface area contributed by atoms with E-state index >= 15 is 0 Å². The number of rotatable bonds is 6. The second-order valence-corrected chi connectivity index (χ2v) is 6.28. The van der Waals surface area contributed by atoms with Gasteiger partial charge in [-0.15, -0.1) is 0 Å². The van der Waals surface area contributed by atoms with E-state index in [1.165, 1.54) is 32.1 Å². The van der Waals surface area contributed by atoms with Crippen molar-refractivity contribution in [2.75, 3.05) is 11.9 Å². The van der Waals surface area contributed by atoms with Crippen LogP contribution in [0.25, 0.3) is 0 Å². The number of aromatic nitrogens is 2. The fourth-order valence-corrected chi connectivity index (χ4v) is 3.33. The van der Waals surface area contributed by atoms with Gasteiger partial charge in [0.15, 0.2) is 0 Å².